The van der Waals surface area contributed by atoms with Crippen molar-refractivity contribution in [3.05, 3.63) is 38.4 Å². The summed E-state index contributed by atoms with van der Waals surface area (Å²) in [6.07, 6.45) is 0. The van der Waals surface area contributed by atoms with E-state index in [0.29, 0.717) is 10.2 Å². The molecule has 0 saturated heterocycles. The maximum atomic E-state index is 6.04. The summed E-state index contributed by atoms with van der Waals surface area (Å²) in [6, 6.07) is 5.59. The number of hydrogen-bond acceptors (Lipinski definition) is 1. The van der Waals surface area contributed by atoms with Gasteiger partial charge in [-0.15, -0.1) is 0 Å². The molecule has 0 N–H and O–H groups in total. The van der Waals surface area contributed by atoms with Crippen molar-refractivity contribution < 1.29 is 0 Å². The lowest BCUT2D eigenvalue weighted by Gasteiger charge is -2.05. The van der Waals surface area contributed by atoms with Crippen molar-refractivity contribution >= 4 is 50.0 Å². The van der Waals surface area contributed by atoms with E-state index in [1.54, 1.807) is 6.07 Å². The van der Waals surface area contributed by atoms with E-state index in [0.717, 1.165) is 20.9 Å². The number of pyridine rings is 1. The minimum absolute atomic E-state index is 0.411. The molecule has 0 unspecified atom stereocenters. The summed E-state index contributed by atoms with van der Waals surface area (Å²) in [5.74, 6) is 0. The second-order valence-electron chi connectivity index (χ2n) is 3.02. The Balaban J connectivity index is 2.95. The standard InChI is InChI=1S/C10H6BrCl2N/c1-5-2-3-6-7(12)4-8(13)14-10(6)9(5)11/h2-4H,1H3. The first-order chi connectivity index (χ1) is 6.59. The monoisotopic (exact) mass is 289 g/mol. The maximum Gasteiger partial charge on any atom is 0.131 e. The van der Waals surface area contributed by atoms with Gasteiger partial charge in [-0.25, -0.2) is 4.98 Å². The quantitative estimate of drug-likeness (QED) is 0.646. The lowest BCUT2D eigenvalue weighted by atomic mass is 10.1. The van der Waals surface area contributed by atoms with Gasteiger partial charge in [0, 0.05) is 9.86 Å². The van der Waals surface area contributed by atoms with Crippen LogP contribution >= 0.6 is 39.1 Å². The van der Waals surface area contributed by atoms with Gasteiger partial charge in [0.25, 0.3) is 0 Å². The van der Waals surface area contributed by atoms with Crippen LogP contribution in [0.25, 0.3) is 10.9 Å². The Bertz CT molecular complexity index is 511. The number of aromatic nitrogens is 1. The molecule has 0 aliphatic rings. The van der Waals surface area contributed by atoms with E-state index < -0.39 is 0 Å². The van der Waals surface area contributed by atoms with E-state index >= 15 is 0 Å². The minimum Gasteiger partial charge on any atom is -0.235 e. The van der Waals surface area contributed by atoms with Crippen molar-refractivity contribution in [2.24, 2.45) is 0 Å². The van der Waals surface area contributed by atoms with Crippen molar-refractivity contribution in [1.29, 1.82) is 0 Å². The van der Waals surface area contributed by atoms with Crippen LogP contribution in [-0.4, -0.2) is 4.98 Å². The molecule has 0 radical (unpaired) electrons. The molecule has 0 bridgehead atoms. The van der Waals surface area contributed by atoms with Crippen LogP contribution in [-0.2, 0) is 0 Å². The largest absolute Gasteiger partial charge is 0.235 e. The Morgan fingerprint density at radius 2 is 2.00 bits per heavy atom. The topological polar surface area (TPSA) is 12.9 Å². The van der Waals surface area contributed by atoms with Crippen LogP contribution in [0.4, 0.5) is 0 Å². The fourth-order valence-corrected chi connectivity index (χ4v) is 2.23. The Hall–Kier alpha value is -0.310. The fraction of sp³-hybridized carbons (Fsp3) is 0.100. The maximum absolute atomic E-state index is 6.04. The zero-order valence-electron chi connectivity index (χ0n) is 7.31. The number of benzene rings is 1. The lowest BCUT2D eigenvalue weighted by Crippen LogP contribution is -1.85. The van der Waals surface area contributed by atoms with Crippen LogP contribution in [0.5, 0.6) is 0 Å². The van der Waals surface area contributed by atoms with E-state index in [9.17, 15) is 0 Å². The molecule has 0 aliphatic carbocycles. The van der Waals surface area contributed by atoms with Crippen LogP contribution < -0.4 is 0 Å². The number of rotatable bonds is 0. The molecule has 2 rings (SSSR count). The highest BCUT2D eigenvalue weighted by atomic mass is 79.9. The molecule has 14 heavy (non-hydrogen) atoms. The first-order valence-electron chi connectivity index (χ1n) is 4.00. The Morgan fingerprint density at radius 1 is 1.29 bits per heavy atom. The lowest BCUT2D eigenvalue weighted by molar-refractivity contribution is 1.36. The summed E-state index contributed by atoms with van der Waals surface area (Å²) >= 11 is 15.3. The summed E-state index contributed by atoms with van der Waals surface area (Å²) in [6.45, 7) is 2.00. The van der Waals surface area contributed by atoms with E-state index in [1.165, 1.54) is 0 Å². The normalized spacial score (nSPS) is 10.9. The molecule has 2 aromatic rings. The predicted octanol–water partition coefficient (Wildman–Crippen LogP) is 4.61. The third-order valence-corrected chi connectivity index (χ3v) is 3.54. The molecular weight excluding hydrogens is 285 g/mol. The Labute approximate surface area is 100 Å². The minimum atomic E-state index is 0.411. The summed E-state index contributed by atoms with van der Waals surface area (Å²) in [4.78, 5) is 4.23. The molecule has 0 aliphatic heterocycles. The number of nitrogens with zero attached hydrogens (tertiary/aromatic N) is 1. The summed E-state index contributed by atoms with van der Waals surface area (Å²) in [5.41, 5.74) is 1.92. The molecule has 0 amide bonds. The first-order valence-corrected chi connectivity index (χ1v) is 5.55. The average Bonchev–Trinajstić information content (AvgIpc) is 2.12. The molecule has 1 aromatic carbocycles. The Morgan fingerprint density at radius 3 is 2.71 bits per heavy atom. The van der Waals surface area contributed by atoms with Gasteiger partial charge in [-0.1, -0.05) is 35.3 Å². The molecule has 1 nitrogen and oxygen atoms in total. The van der Waals surface area contributed by atoms with Gasteiger partial charge in [0.2, 0.25) is 0 Å². The number of hydrogen-bond donors (Lipinski definition) is 0. The van der Waals surface area contributed by atoms with Crippen molar-refractivity contribution in [2.45, 2.75) is 6.92 Å². The van der Waals surface area contributed by atoms with Crippen LogP contribution in [0.2, 0.25) is 10.2 Å². The van der Waals surface area contributed by atoms with Crippen molar-refractivity contribution in [3.63, 3.8) is 0 Å². The highest BCUT2D eigenvalue weighted by molar-refractivity contribution is 9.10. The molecule has 1 heterocycles. The van der Waals surface area contributed by atoms with Gasteiger partial charge >= 0.3 is 0 Å². The third-order valence-electron chi connectivity index (χ3n) is 2.03. The van der Waals surface area contributed by atoms with Crippen LogP contribution in [0.3, 0.4) is 0 Å². The van der Waals surface area contributed by atoms with E-state index in [4.69, 9.17) is 23.2 Å². The van der Waals surface area contributed by atoms with Gasteiger partial charge in [0.05, 0.1) is 10.5 Å². The van der Waals surface area contributed by atoms with E-state index in [2.05, 4.69) is 20.9 Å². The molecule has 0 fully saturated rings. The van der Waals surface area contributed by atoms with Gasteiger partial charge in [-0.05, 0) is 34.5 Å². The second kappa shape index (κ2) is 3.69. The average molecular weight is 291 g/mol. The third kappa shape index (κ3) is 1.62. The predicted molar refractivity (Wildman–Crippen MR) is 64.2 cm³/mol. The molecular formula is C10H6BrCl2N. The first kappa shape index (κ1) is 10.2. The SMILES string of the molecule is Cc1ccc2c(Cl)cc(Cl)nc2c1Br. The summed E-state index contributed by atoms with van der Waals surface area (Å²) in [7, 11) is 0. The fourth-order valence-electron chi connectivity index (χ4n) is 1.29. The number of fused-ring (bicyclic) bond motifs is 1. The van der Waals surface area contributed by atoms with E-state index in [-0.39, 0.29) is 0 Å². The second-order valence-corrected chi connectivity index (χ2v) is 4.61. The Kier molecular flexibility index (Phi) is 2.69. The highest BCUT2D eigenvalue weighted by Crippen LogP contribution is 2.31. The van der Waals surface area contributed by atoms with Crippen LogP contribution in [0.1, 0.15) is 5.56 Å². The van der Waals surface area contributed by atoms with Gasteiger partial charge in [0.1, 0.15) is 5.15 Å². The molecule has 1 aromatic heterocycles. The molecule has 72 valence electrons. The smallest absolute Gasteiger partial charge is 0.131 e. The summed E-state index contributed by atoms with van der Waals surface area (Å²) in [5, 5.41) is 1.95. The van der Waals surface area contributed by atoms with Crippen LogP contribution in [0, 0.1) is 6.92 Å². The van der Waals surface area contributed by atoms with Gasteiger partial charge in [-0.3, -0.25) is 0 Å². The van der Waals surface area contributed by atoms with Crippen molar-refractivity contribution in [2.75, 3.05) is 0 Å². The molecule has 4 heteroatoms. The molecule has 0 spiro atoms. The van der Waals surface area contributed by atoms with Crippen molar-refractivity contribution in [3.8, 4) is 0 Å². The van der Waals surface area contributed by atoms with Gasteiger partial charge in [-0.2, -0.15) is 0 Å². The van der Waals surface area contributed by atoms with Gasteiger partial charge < -0.3 is 0 Å². The molecule has 0 saturated carbocycles. The van der Waals surface area contributed by atoms with Gasteiger partial charge in [0.15, 0.2) is 0 Å². The zero-order valence-corrected chi connectivity index (χ0v) is 10.4. The molecule has 0 atom stereocenters. The number of halogens is 3. The number of aryl methyl sites for hydroxylation is 1. The van der Waals surface area contributed by atoms with E-state index in [1.807, 2.05) is 19.1 Å². The van der Waals surface area contributed by atoms with Crippen molar-refractivity contribution in [1.82, 2.24) is 4.98 Å². The zero-order chi connectivity index (χ0) is 10.3. The highest BCUT2D eigenvalue weighted by Gasteiger charge is 2.07. The van der Waals surface area contributed by atoms with Crippen LogP contribution in [0.15, 0.2) is 22.7 Å². The summed E-state index contributed by atoms with van der Waals surface area (Å²) < 4.78 is 0.944.